The molecule has 7 heteroatoms. The summed E-state index contributed by atoms with van der Waals surface area (Å²) in [6.45, 7) is 1.58. The van der Waals surface area contributed by atoms with Gasteiger partial charge in [-0.3, -0.25) is 9.59 Å². The number of nitrogens with one attached hydrogen (secondary N) is 2. The molecule has 0 unspecified atom stereocenters. The molecule has 0 spiro atoms. The Kier molecular flexibility index (Phi) is 4.45. The zero-order valence-electron chi connectivity index (χ0n) is 11.3. The zero-order valence-corrected chi connectivity index (χ0v) is 11.3. The van der Waals surface area contributed by atoms with Gasteiger partial charge in [0.1, 0.15) is 18.0 Å². The zero-order chi connectivity index (χ0) is 15.2. The van der Waals surface area contributed by atoms with Gasteiger partial charge in [-0.2, -0.15) is 5.10 Å². The first-order valence-electron chi connectivity index (χ1n) is 6.16. The van der Waals surface area contributed by atoms with E-state index < -0.39 is 17.4 Å². The molecule has 0 aliphatic rings. The van der Waals surface area contributed by atoms with E-state index in [4.69, 9.17) is 4.74 Å². The maximum atomic E-state index is 11.7. The molecule has 108 valence electrons. The number of esters is 1. The van der Waals surface area contributed by atoms with Crippen LogP contribution in [-0.4, -0.2) is 28.6 Å². The van der Waals surface area contributed by atoms with Crippen LogP contribution in [0, 0.1) is 6.92 Å². The highest BCUT2D eigenvalue weighted by Gasteiger charge is 2.11. The minimum absolute atomic E-state index is 0.0120. The minimum atomic E-state index is -0.599. The van der Waals surface area contributed by atoms with Gasteiger partial charge in [0, 0.05) is 6.07 Å². The lowest BCUT2D eigenvalue weighted by Crippen LogP contribution is -2.32. The first-order valence-corrected chi connectivity index (χ1v) is 6.16. The molecule has 21 heavy (non-hydrogen) atoms. The van der Waals surface area contributed by atoms with E-state index in [2.05, 4.69) is 15.5 Å². The Bertz CT molecular complexity index is 704. The quantitative estimate of drug-likeness (QED) is 0.626. The lowest BCUT2D eigenvalue weighted by molar-refractivity contribution is -0.133. The summed E-state index contributed by atoms with van der Waals surface area (Å²) in [7, 11) is 0. The van der Waals surface area contributed by atoms with Crippen LogP contribution in [0.2, 0.25) is 0 Å². The summed E-state index contributed by atoms with van der Waals surface area (Å²) in [6.07, 6.45) is 0. The average Bonchev–Trinajstić information content (AvgIpc) is 2.45. The molecule has 0 bridgehead atoms. The van der Waals surface area contributed by atoms with Crippen molar-refractivity contribution in [3.8, 4) is 5.75 Å². The molecule has 2 aromatic rings. The van der Waals surface area contributed by atoms with Crippen LogP contribution in [0.15, 0.2) is 41.2 Å². The third kappa shape index (κ3) is 4.27. The highest BCUT2D eigenvalue weighted by atomic mass is 16.5. The Balaban J connectivity index is 1.87. The summed E-state index contributed by atoms with van der Waals surface area (Å²) < 4.78 is 5.07. The molecule has 1 heterocycles. The Labute approximate surface area is 120 Å². The van der Waals surface area contributed by atoms with Crippen LogP contribution in [0.1, 0.15) is 16.1 Å². The van der Waals surface area contributed by atoms with Crippen LogP contribution in [0.3, 0.4) is 0 Å². The monoisotopic (exact) mass is 287 g/mol. The Morgan fingerprint density at radius 1 is 1.29 bits per heavy atom. The lowest BCUT2D eigenvalue weighted by Gasteiger charge is -2.06. The fourth-order valence-electron chi connectivity index (χ4n) is 1.56. The fourth-order valence-corrected chi connectivity index (χ4v) is 1.56. The molecule has 0 fully saturated rings. The van der Waals surface area contributed by atoms with Gasteiger partial charge in [-0.1, -0.05) is 12.1 Å². The van der Waals surface area contributed by atoms with Gasteiger partial charge in [0.25, 0.3) is 11.5 Å². The maximum Gasteiger partial charge on any atom is 0.330 e. The van der Waals surface area contributed by atoms with E-state index in [-0.39, 0.29) is 12.2 Å². The smallest absolute Gasteiger partial charge is 0.330 e. The summed E-state index contributed by atoms with van der Waals surface area (Å²) in [4.78, 5) is 34.1. The molecule has 7 nitrogen and oxygen atoms in total. The normalized spacial score (nSPS) is 9.95. The van der Waals surface area contributed by atoms with Gasteiger partial charge in [-0.05, 0) is 30.7 Å². The lowest BCUT2D eigenvalue weighted by atomic mass is 10.2. The standard InChI is InChI=1S/C14H13N3O4/c1-9-3-2-4-10(7-9)21-13(19)8-15-14(20)11-5-6-12(18)17-16-11/h2-7H,8H2,1H3,(H,15,20)(H,17,18). The summed E-state index contributed by atoms with van der Waals surface area (Å²) in [5.41, 5.74) is 0.560. The maximum absolute atomic E-state index is 11.7. The number of aromatic nitrogens is 2. The molecule has 1 aromatic carbocycles. The number of hydrogen-bond donors (Lipinski definition) is 2. The number of H-pyrrole nitrogens is 1. The number of rotatable bonds is 4. The highest BCUT2D eigenvalue weighted by Crippen LogP contribution is 2.12. The van der Waals surface area contributed by atoms with E-state index in [0.29, 0.717) is 5.75 Å². The van der Waals surface area contributed by atoms with E-state index in [1.165, 1.54) is 12.1 Å². The molecule has 0 radical (unpaired) electrons. The number of amides is 1. The number of hydrogen-bond acceptors (Lipinski definition) is 5. The molecule has 0 aliphatic heterocycles. The third-order valence-corrected chi connectivity index (χ3v) is 2.53. The highest BCUT2D eigenvalue weighted by molar-refractivity contribution is 5.94. The van der Waals surface area contributed by atoms with Crippen molar-refractivity contribution < 1.29 is 14.3 Å². The molecule has 1 amide bonds. The van der Waals surface area contributed by atoms with Gasteiger partial charge in [0.15, 0.2) is 0 Å². The van der Waals surface area contributed by atoms with Gasteiger partial charge in [0.05, 0.1) is 0 Å². The van der Waals surface area contributed by atoms with Crippen LogP contribution < -0.4 is 15.6 Å². The SMILES string of the molecule is Cc1cccc(OC(=O)CNC(=O)c2ccc(=O)[nH]n2)c1. The predicted molar refractivity (Wildman–Crippen MR) is 74.0 cm³/mol. The second-order valence-corrected chi connectivity index (χ2v) is 4.28. The summed E-state index contributed by atoms with van der Waals surface area (Å²) >= 11 is 0. The molecule has 2 N–H and O–H groups in total. The van der Waals surface area contributed by atoms with E-state index in [0.717, 1.165) is 5.56 Å². The van der Waals surface area contributed by atoms with Gasteiger partial charge < -0.3 is 10.1 Å². The average molecular weight is 287 g/mol. The Hall–Kier alpha value is -2.96. The third-order valence-electron chi connectivity index (χ3n) is 2.53. The second-order valence-electron chi connectivity index (χ2n) is 4.28. The van der Waals surface area contributed by atoms with Crippen LogP contribution >= 0.6 is 0 Å². The number of aryl methyl sites for hydroxylation is 1. The van der Waals surface area contributed by atoms with Gasteiger partial charge in [-0.15, -0.1) is 0 Å². The van der Waals surface area contributed by atoms with E-state index in [1.807, 2.05) is 13.0 Å². The molecule has 0 aliphatic carbocycles. The van der Waals surface area contributed by atoms with Crippen molar-refractivity contribution in [3.05, 3.63) is 58.0 Å². The molecule has 1 aromatic heterocycles. The van der Waals surface area contributed by atoms with Crippen LogP contribution in [0.4, 0.5) is 0 Å². The first-order chi connectivity index (χ1) is 10.0. The van der Waals surface area contributed by atoms with Crippen LogP contribution in [-0.2, 0) is 4.79 Å². The molecular formula is C14H13N3O4. The van der Waals surface area contributed by atoms with Crippen molar-refractivity contribution in [2.75, 3.05) is 6.54 Å². The van der Waals surface area contributed by atoms with Gasteiger partial charge in [0.2, 0.25) is 0 Å². The Morgan fingerprint density at radius 3 is 2.76 bits per heavy atom. The predicted octanol–water partition coefficient (Wildman–Crippen LogP) is 0.414. The van der Waals surface area contributed by atoms with Crippen molar-refractivity contribution in [3.63, 3.8) is 0 Å². The van der Waals surface area contributed by atoms with E-state index >= 15 is 0 Å². The number of ether oxygens (including phenoxy) is 1. The van der Waals surface area contributed by atoms with Crippen LogP contribution in [0.25, 0.3) is 0 Å². The minimum Gasteiger partial charge on any atom is -0.425 e. The van der Waals surface area contributed by atoms with E-state index in [1.54, 1.807) is 18.2 Å². The number of nitrogens with zero attached hydrogens (tertiary/aromatic N) is 1. The largest absolute Gasteiger partial charge is 0.425 e. The number of benzene rings is 1. The molecule has 0 atom stereocenters. The van der Waals surface area contributed by atoms with Crippen molar-refractivity contribution in [2.45, 2.75) is 6.92 Å². The Morgan fingerprint density at radius 2 is 2.10 bits per heavy atom. The second kappa shape index (κ2) is 6.47. The number of aromatic amines is 1. The van der Waals surface area contributed by atoms with Gasteiger partial charge >= 0.3 is 5.97 Å². The van der Waals surface area contributed by atoms with Crippen molar-refractivity contribution in [2.24, 2.45) is 0 Å². The first kappa shape index (κ1) is 14.4. The molecule has 2 rings (SSSR count). The summed E-state index contributed by atoms with van der Waals surface area (Å²) in [5.74, 6) is -0.762. The van der Waals surface area contributed by atoms with Crippen LogP contribution in [0.5, 0.6) is 5.75 Å². The number of carbonyl (C=O) groups is 2. The van der Waals surface area contributed by atoms with Gasteiger partial charge in [-0.25, -0.2) is 9.89 Å². The molecule has 0 saturated heterocycles. The van der Waals surface area contributed by atoms with E-state index in [9.17, 15) is 14.4 Å². The topological polar surface area (TPSA) is 101 Å². The van der Waals surface area contributed by atoms with Crippen molar-refractivity contribution in [1.29, 1.82) is 0 Å². The van der Waals surface area contributed by atoms with Crippen molar-refractivity contribution in [1.82, 2.24) is 15.5 Å². The number of carbonyl (C=O) groups excluding carboxylic acids is 2. The summed E-state index contributed by atoms with van der Waals surface area (Å²) in [5, 5.41) is 8.04. The molecular weight excluding hydrogens is 274 g/mol. The molecule has 0 saturated carbocycles. The summed E-state index contributed by atoms with van der Waals surface area (Å²) in [6, 6.07) is 9.44. The van der Waals surface area contributed by atoms with Crippen molar-refractivity contribution >= 4 is 11.9 Å². The fraction of sp³-hybridized carbons (Fsp3) is 0.143.